The van der Waals surface area contributed by atoms with Gasteiger partial charge in [-0.1, -0.05) is 44.4 Å². The Kier molecular flexibility index (Phi) is 6.15. The van der Waals surface area contributed by atoms with Crippen molar-refractivity contribution in [2.24, 2.45) is 0 Å². The normalized spacial score (nSPS) is 10.0. The van der Waals surface area contributed by atoms with Crippen molar-refractivity contribution in [3.05, 3.63) is 30.3 Å². The monoisotopic (exact) mass is 234 g/mol. The largest absolute Gasteiger partial charge is 0.338 e. The summed E-state index contributed by atoms with van der Waals surface area (Å²) in [5.41, 5.74) is 0.915. The number of nitrogens with zero attached hydrogens (tertiary/aromatic N) is 1. The third-order valence-corrected chi connectivity index (χ3v) is 2.75. The maximum absolute atomic E-state index is 11.8. The lowest BCUT2D eigenvalue weighted by molar-refractivity contribution is 0.247. The Balaban J connectivity index is 2.28. The number of para-hydroxylation sites is 1. The molecule has 0 heterocycles. The molecule has 3 heteroatoms. The predicted molar refractivity (Wildman–Crippen MR) is 72.4 cm³/mol. The van der Waals surface area contributed by atoms with Crippen LogP contribution in [0, 0.1) is 0 Å². The van der Waals surface area contributed by atoms with Gasteiger partial charge in [-0.05, 0) is 18.6 Å². The second-order valence-electron chi connectivity index (χ2n) is 4.19. The summed E-state index contributed by atoms with van der Waals surface area (Å²) in [6.07, 6.45) is 4.70. The van der Waals surface area contributed by atoms with Crippen LogP contribution >= 0.6 is 0 Å². The summed E-state index contributed by atoms with van der Waals surface area (Å²) in [4.78, 5) is 13.4. The minimum atomic E-state index is -0.0345. The molecule has 0 spiro atoms. The van der Waals surface area contributed by atoms with Gasteiger partial charge >= 0.3 is 6.03 Å². The van der Waals surface area contributed by atoms with Crippen LogP contribution in [0.2, 0.25) is 0 Å². The number of rotatable bonds is 6. The van der Waals surface area contributed by atoms with Gasteiger partial charge in [0.2, 0.25) is 0 Å². The molecule has 0 aliphatic heterocycles. The first-order chi connectivity index (χ1) is 8.25. The Hall–Kier alpha value is -1.51. The molecule has 0 aliphatic rings. The van der Waals surface area contributed by atoms with Gasteiger partial charge in [-0.25, -0.2) is 4.79 Å². The van der Waals surface area contributed by atoms with E-state index in [0.29, 0.717) is 0 Å². The number of unbranched alkanes of at least 4 members (excludes halogenated alkanes) is 3. The zero-order valence-electron chi connectivity index (χ0n) is 10.8. The molecule has 1 aromatic rings. The van der Waals surface area contributed by atoms with Gasteiger partial charge in [-0.2, -0.15) is 0 Å². The van der Waals surface area contributed by atoms with E-state index in [1.165, 1.54) is 19.3 Å². The molecule has 94 valence electrons. The van der Waals surface area contributed by atoms with E-state index in [-0.39, 0.29) is 6.03 Å². The first kappa shape index (κ1) is 13.6. The van der Waals surface area contributed by atoms with Crippen molar-refractivity contribution in [3.63, 3.8) is 0 Å². The van der Waals surface area contributed by atoms with E-state index >= 15 is 0 Å². The first-order valence-electron chi connectivity index (χ1n) is 6.32. The van der Waals surface area contributed by atoms with Crippen LogP contribution in [0.3, 0.4) is 0 Å². The van der Waals surface area contributed by atoms with Crippen molar-refractivity contribution in [2.45, 2.75) is 32.6 Å². The van der Waals surface area contributed by atoms with Gasteiger partial charge in [-0.3, -0.25) is 4.90 Å². The first-order valence-corrected chi connectivity index (χ1v) is 6.32. The van der Waals surface area contributed by atoms with E-state index in [2.05, 4.69) is 12.2 Å². The molecule has 0 aromatic heterocycles. The summed E-state index contributed by atoms with van der Waals surface area (Å²) in [5.74, 6) is 0. The van der Waals surface area contributed by atoms with Crippen molar-refractivity contribution in [3.8, 4) is 0 Å². The molecule has 0 bridgehead atoms. The van der Waals surface area contributed by atoms with E-state index in [0.717, 1.165) is 18.7 Å². The van der Waals surface area contributed by atoms with Gasteiger partial charge in [0.05, 0.1) is 0 Å². The maximum atomic E-state index is 11.8. The molecule has 0 atom stereocenters. The lowest BCUT2D eigenvalue weighted by Crippen LogP contribution is -2.37. The highest BCUT2D eigenvalue weighted by atomic mass is 16.2. The molecule has 0 radical (unpaired) electrons. The molecule has 0 aliphatic carbocycles. The van der Waals surface area contributed by atoms with Crippen LogP contribution < -0.4 is 10.2 Å². The minimum absolute atomic E-state index is 0.0345. The number of anilines is 1. The highest BCUT2D eigenvalue weighted by Gasteiger charge is 2.08. The van der Waals surface area contributed by atoms with E-state index in [1.807, 2.05) is 30.3 Å². The van der Waals surface area contributed by atoms with Crippen molar-refractivity contribution in [2.75, 3.05) is 18.5 Å². The number of nitrogens with one attached hydrogen (secondary N) is 1. The lowest BCUT2D eigenvalue weighted by atomic mass is 10.2. The van der Waals surface area contributed by atoms with Crippen LogP contribution in [0.25, 0.3) is 0 Å². The van der Waals surface area contributed by atoms with E-state index in [9.17, 15) is 4.79 Å². The summed E-state index contributed by atoms with van der Waals surface area (Å²) < 4.78 is 0. The molecular weight excluding hydrogens is 212 g/mol. The number of benzene rings is 1. The van der Waals surface area contributed by atoms with Gasteiger partial charge in [0.1, 0.15) is 0 Å². The number of carbonyl (C=O) groups excluding carboxylic acids is 1. The molecule has 0 fully saturated rings. The summed E-state index contributed by atoms with van der Waals surface area (Å²) in [5, 5.41) is 2.93. The van der Waals surface area contributed by atoms with Crippen molar-refractivity contribution in [1.82, 2.24) is 5.32 Å². The fraction of sp³-hybridized carbons (Fsp3) is 0.500. The lowest BCUT2D eigenvalue weighted by Gasteiger charge is -2.17. The van der Waals surface area contributed by atoms with Crippen LogP contribution in [0.1, 0.15) is 32.6 Å². The van der Waals surface area contributed by atoms with Crippen LogP contribution in [-0.4, -0.2) is 19.6 Å². The topological polar surface area (TPSA) is 32.3 Å². The zero-order valence-corrected chi connectivity index (χ0v) is 10.8. The Morgan fingerprint density at radius 1 is 1.18 bits per heavy atom. The molecule has 1 aromatic carbocycles. The molecule has 0 saturated carbocycles. The average Bonchev–Trinajstić information content (AvgIpc) is 2.38. The standard InChI is InChI=1S/C14H22N2O/c1-3-4-5-9-12-15-14(17)16(2)13-10-7-6-8-11-13/h6-8,10-11H,3-5,9,12H2,1-2H3,(H,15,17). The third-order valence-electron chi connectivity index (χ3n) is 2.75. The summed E-state index contributed by atoms with van der Waals surface area (Å²) >= 11 is 0. The molecular formula is C14H22N2O. The van der Waals surface area contributed by atoms with E-state index in [1.54, 1.807) is 11.9 Å². The van der Waals surface area contributed by atoms with Crippen LogP contribution in [0.15, 0.2) is 30.3 Å². The van der Waals surface area contributed by atoms with Crippen molar-refractivity contribution >= 4 is 11.7 Å². The van der Waals surface area contributed by atoms with Gasteiger partial charge in [0.25, 0.3) is 0 Å². The fourth-order valence-corrected chi connectivity index (χ4v) is 1.63. The highest BCUT2D eigenvalue weighted by Crippen LogP contribution is 2.10. The second-order valence-corrected chi connectivity index (χ2v) is 4.19. The third kappa shape index (κ3) is 4.89. The molecule has 3 nitrogen and oxygen atoms in total. The molecule has 2 amide bonds. The van der Waals surface area contributed by atoms with Gasteiger partial charge < -0.3 is 5.32 Å². The van der Waals surface area contributed by atoms with Crippen LogP contribution in [0.4, 0.5) is 10.5 Å². The van der Waals surface area contributed by atoms with Gasteiger partial charge in [-0.15, -0.1) is 0 Å². The number of amides is 2. The molecule has 1 N–H and O–H groups in total. The van der Waals surface area contributed by atoms with Crippen molar-refractivity contribution < 1.29 is 4.79 Å². The van der Waals surface area contributed by atoms with Crippen LogP contribution in [-0.2, 0) is 0 Å². The summed E-state index contributed by atoms with van der Waals surface area (Å²) in [6, 6.07) is 9.63. The summed E-state index contributed by atoms with van der Waals surface area (Å²) in [6.45, 7) is 2.94. The minimum Gasteiger partial charge on any atom is -0.338 e. The average molecular weight is 234 g/mol. The fourth-order valence-electron chi connectivity index (χ4n) is 1.63. The Morgan fingerprint density at radius 3 is 2.53 bits per heavy atom. The second kappa shape index (κ2) is 7.71. The molecule has 0 unspecified atom stereocenters. The summed E-state index contributed by atoms with van der Waals surface area (Å²) in [7, 11) is 1.79. The van der Waals surface area contributed by atoms with Crippen molar-refractivity contribution in [1.29, 1.82) is 0 Å². The number of hydrogen-bond acceptors (Lipinski definition) is 1. The predicted octanol–water partition coefficient (Wildman–Crippen LogP) is 3.41. The Bertz CT molecular complexity index is 324. The molecule has 1 rings (SSSR count). The molecule has 0 saturated heterocycles. The smallest absolute Gasteiger partial charge is 0.321 e. The Labute approximate surface area is 104 Å². The highest BCUT2D eigenvalue weighted by molar-refractivity contribution is 5.91. The SMILES string of the molecule is CCCCCCNC(=O)N(C)c1ccccc1. The number of carbonyl (C=O) groups is 1. The maximum Gasteiger partial charge on any atom is 0.321 e. The van der Waals surface area contributed by atoms with Gasteiger partial charge in [0, 0.05) is 19.3 Å². The van der Waals surface area contributed by atoms with Crippen LogP contribution in [0.5, 0.6) is 0 Å². The number of hydrogen-bond donors (Lipinski definition) is 1. The molecule has 17 heavy (non-hydrogen) atoms. The van der Waals surface area contributed by atoms with E-state index < -0.39 is 0 Å². The Morgan fingerprint density at radius 2 is 1.88 bits per heavy atom. The quantitative estimate of drug-likeness (QED) is 0.752. The zero-order chi connectivity index (χ0) is 12.5. The van der Waals surface area contributed by atoms with Gasteiger partial charge in [0.15, 0.2) is 0 Å². The van der Waals surface area contributed by atoms with E-state index in [4.69, 9.17) is 0 Å². The number of urea groups is 1.